The highest BCUT2D eigenvalue weighted by Gasteiger charge is 2.09. The number of ether oxygens (including phenoxy) is 1. The quantitative estimate of drug-likeness (QED) is 0.782. The van der Waals surface area contributed by atoms with Crippen molar-refractivity contribution in [3.8, 4) is 17.1 Å². The minimum absolute atomic E-state index is 0.148. The van der Waals surface area contributed by atoms with E-state index in [0.717, 1.165) is 5.56 Å². The van der Waals surface area contributed by atoms with Crippen LogP contribution in [0.5, 0.6) is 5.75 Å². The third-order valence-corrected chi connectivity index (χ3v) is 3.28. The molecule has 116 valence electrons. The Morgan fingerprint density at radius 2 is 1.83 bits per heavy atom. The van der Waals surface area contributed by atoms with E-state index in [2.05, 4.69) is 10.1 Å². The Balaban J connectivity index is 1.65. The van der Waals surface area contributed by atoms with E-state index in [1.807, 2.05) is 31.2 Å². The standard InChI is InChI=1S/C17H15N3O3/c1-11-2-4-13(5-3-11)17-19-15(23-20-17)10-22-14-8-6-12(7-9-14)16(18)21/h2-9H,10H2,1H3,(H2,18,21). The third-order valence-electron chi connectivity index (χ3n) is 3.28. The number of aryl methyl sites for hydroxylation is 1. The average Bonchev–Trinajstić information content (AvgIpc) is 3.03. The van der Waals surface area contributed by atoms with Gasteiger partial charge < -0.3 is 15.0 Å². The van der Waals surface area contributed by atoms with Gasteiger partial charge in [0.25, 0.3) is 5.89 Å². The fraction of sp³-hybridized carbons (Fsp3) is 0.118. The lowest BCUT2D eigenvalue weighted by Gasteiger charge is -2.03. The maximum atomic E-state index is 11.0. The molecule has 6 nitrogen and oxygen atoms in total. The molecule has 0 aliphatic heterocycles. The Morgan fingerprint density at radius 1 is 1.13 bits per heavy atom. The molecule has 3 rings (SSSR count). The van der Waals surface area contributed by atoms with E-state index in [1.54, 1.807) is 24.3 Å². The number of benzene rings is 2. The second kappa shape index (κ2) is 6.31. The fourth-order valence-electron chi connectivity index (χ4n) is 1.99. The summed E-state index contributed by atoms with van der Waals surface area (Å²) in [5.41, 5.74) is 7.66. The van der Waals surface area contributed by atoms with Crippen LogP contribution >= 0.6 is 0 Å². The second-order valence-corrected chi connectivity index (χ2v) is 5.06. The smallest absolute Gasteiger partial charge is 0.264 e. The summed E-state index contributed by atoms with van der Waals surface area (Å²) in [5, 5.41) is 3.94. The molecule has 0 saturated carbocycles. The maximum Gasteiger partial charge on any atom is 0.264 e. The van der Waals surface area contributed by atoms with Crippen molar-refractivity contribution in [3.05, 3.63) is 65.5 Å². The number of hydrogen-bond donors (Lipinski definition) is 1. The molecule has 0 atom stereocenters. The molecule has 0 aliphatic rings. The third kappa shape index (κ3) is 3.55. The molecule has 0 radical (unpaired) electrons. The minimum Gasteiger partial charge on any atom is -0.484 e. The molecule has 23 heavy (non-hydrogen) atoms. The molecule has 2 aromatic carbocycles. The molecule has 1 aromatic heterocycles. The highest BCUT2D eigenvalue weighted by atomic mass is 16.5. The van der Waals surface area contributed by atoms with Crippen molar-refractivity contribution >= 4 is 5.91 Å². The van der Waals surface area contributed by atoms with Gasteiger partial charge in [-0.3, -0.25) is 4.79 Å². The van der Waals surface area contributed by atoms with Gasteiger partial charge >= 0.3 is 0 Å². The van der Waals surface area contributed by atoms with Gasteiger partial charge in [-0.1, -0.05) is 35.0 Å². The highest BCUT2D eigenvalue weighted by molar-refractivity contribution is 5.92. The predicted octanol–water partition coefficient (Wildman–Crippen LogP) is 2.72. The van der Waals surface area contributed by atoms with Gasteiger partial charge in [-0.15, -0.1) is 0 Å². The maximum absolute atomic E-state index is 11.0. The lowest BCUT2D eigenvalue weighted by molar-refractivity contribution is 0.1000. The van der Waals surface area contributed by atoms with Crippen LogP contribution in [0.2, 0.25) is 0 Å². The van der Waals surface area contributed by atoms with Gasteiger partial charge in [0.15, 0.2) is 6.61 Å². The van der Waals surface area contributed by atoms with Crippen LogP contribution in [0, 0.1) is 6.92 Å². The van der Waals surface area contributed by atoms with Crippen molar-refractivity contribution in [1.29, 1.82) is 0 Å². The van der Waals surface area contributed by atoms with E-state index in [1.165, 1.54) is 5.56 Å². The van der Waals surface area contributed by atoms with E-state index >= 15 is 0 Å². The van der Waals surface area contributed by atoms with Gasteiger partial charge in [-0.05, 0) is 31.2 Å². The molecule has 2 N–H and O–H groups in total. The van der Waals surface area contributed by atoms with Crippen LogP contribution < -0.4 is 10.5 Å². The molecular formula is C17H15N3O3. The SMILES string of the molecule is Cc1ccc(-c2noc(COc3ccc(C(N)=O)cc3)n2)cc1. The summed E-state index contributed by atoms with van der Waals surface area (Å²) in [6.45, 7) is 2.16. The predicted molar refractivity (Wildman–Crippen MR) is 83.8 cm³/mol. The van der Waals surface area contributed by atoms with Crippen LogP contribution in [-0.2, 0) is 6.61 Å². The molecule has 1 heterocycles. The van der Waals surface area contributed by atoms with E-state index in [0.29, 0.717) is 23.0 Å². The summed E-state index contributed by atoms with van der Waals surface area (Å²) in [6.07, 6.45) is 0. The molecule has 6 heteroatoms. The zero-order valence-corrected chi connectivity index (χ0v) is 12.5. The summed E-state index contributed by atoms with van der Waals surface area (Å²) >= 11 is 0. The van der Waals surface area contributed by atoms with Crippen molar-refractivity contribution in [2.75, 3.05) is 0 Å². The number of hydrogen-bond acceptors (Lipinski definition) is 5. The number of rotatable bonds is 5. The molecule has 0 aliphatic carbocycles. The van der Waals surface area contributed by atoms with Crippen LogP contribution in [0.4, 0.5) is 0 Å². The number of carbonyl (C=O) groups is 1. The second-order valence-electron chi connectivity index (χ2n) is 5.06. The van der Waals surface area contributed by atoms with E-state index in [-0.39, 0.29) is 6.61 Å². The summed E-state index contributed by atoms with van der Waals surface area (Å²) < 4.78 is 10.7. The summed E-state index contributed by atoms with van der Waals surface area (Å²) in [7, 11) is 0. The molecule has 0 bridgehead atoms. The number of carbonyl (C=O) groups excluding carboxylic acids is 1. The van der Waals surface area contributed by atoms with Gasteiger partial charge in [-0.2, -0.15) is 4.98 Å². The number of nitrogens with two attached hydrogens (primary N) is 1. The first-order chi connectivity index (χ1) is 11.1. The van der Waals surface area contributed by atoms with E-state index < -0.39 is 5.91 Å². The molecular weight excluding hydrogens is 294 g/mol. The van der Waals surface area contributed by atoms with Crippen LogP contribution in [0.25, 0.3) is 11.4 Å². The number of amides is 1. The van der Waals surface area contributed by atoms with Crippen LogP contribution in [-0.4, -0.2) is 16.0 Å². The fourth-order valence-corrected chi connectivity index (χ4v) is 1.99. The molecule has 1 amide bonds. The molecule has 0 spiro atoms. The largest absolute Gasteiger partial charge is 0.484 e. The van der Waals surface area contributed by atoms with Gasteiger partial charge in [-0.25, -0.2) is 0 Å². The Morgan fingerprint density at radius 3 is 2.48 bits per heavy atom. The molecule has 3 aromatic rings. The van der Waals surface area contributed by atoms with Gasteiger partial charge in [0, 0.05) is 11.1 Å². The monoisotopic (exact) mass is 309 g/mol. The van der Waals surface area contributed by atoms with Gasteiger partial charge in [0.2, 0.25) is 11.7 Å². The van der Waals surface area contributed by atoms with Crippen molar-refractivity contribution < 1.29 is 14.1 Å². The van der Waals surface area contributed by atoms with Crippen LogP contribution in [0.1, 0.15) is 21.8 Å². The number of nitrogens with zero attached hydrogens (tertiary/aromatic N) is 2. The zero-order valence-electron chi connectivity index (χ0n) is 12.5. The van der Waals surface area contributed by atoms with Crippen LogP contribution in [0.3, 0.4) is 0 Å². The average molecular weight is 309 g/mol. The normalized spacial score (nSPS) is 10.5. The Kier molecular flexibility index (Phi) is 4.05. The molecule has 0 saturated heterocycles. The first kappa shape index (κ1) is 14.8. The van der Waals surface area contributed by atoms with Gasteiger partial charge in [0.05, 0.1) is 0 Å². The first-order valence-corrected chi connectivity index (χ1v) is 7.04. The van der Waals surface area contributed by atoms with Crippen LogP contribution in [0.15, 0.2) is 53.1 Å². The topological polar surface area (TPSA) is 91.2 Å². The summed E-state index contributed by atoms with van der Waals surface area (Å²) in [6, 6.07) is 14.4. The molecule has 0 unspecified atom stereocenters. The summed E-state index contributed by atoms with van der Waals surface area (Å²) in [4.78, 5) is 15.3. The Hall–Kier alpha value is -3.15. The van der Waals surface area contributed by atoms with Crippen molar-refractivity contribution in [3.63, 3.8) is 0 Å². The number of aromatic nitrogens is 2. The van der Waals surface area contributed by atoms with Crippen molar-refractivity contribution in [1.82, 2.24) is 10.1 Å². The molecule has 0 fully saturated rings. The van der Waals surface area contributed by atoms with E-state index in [9.17, 15) is 4.79 Å². The lowest BCUT2D eigenvalue weighted by atomic mass is 10.1. The minimum atomic E-state index is -0.476. The number of primary amides is 1. The Bertz CT molecular complexity index is 808. The lowest BCUT2D eigenvalue weighted by Crippen LogP contribution is -2.10. The zero-order chi connectivity index (χ0) is 16.2. The Labute approximate surface area is 132 Å². The first-order valence-electron chi connectivity index (χ1n) is 7.04. The van der Waals surface area contributed by atoms with E-state index in [4.69, 9.17) is 15.0 Å². The van der Waals surface area contributed by atoms with Crippen molar-refractivity contribution in [2.24, 2.45) is 5.73 Å². The highest BCUT2D eigenvalue weighted by Crippen LogP contribution is 2.18. The van der Waals surface area contributed by atoms with Crippen molar-refractivity contribution in [2.45, 2.75) is 13.5 Å². The summed E-state index contributed by atoms with van der Waals surface area (Å²) in [5.74, 6) is 1.01. The van der Waals surface area contributed by atoms with Gasteiger partial charge in [0.1, 0.15) is 5.75 Å².